The van der Waals surface area contributed by atoms with Crippen LogP contribution in [0.2, 0.25) is 0 Å². The first-order valence-corrected chi connectivity index (χ1v) is 8.09. The molecule has 2 heterocycles. The minimum atomic E-state index is -0.505. The topological polar surface area (TPSA) is 83.8 Å². The maximum atomic E-state index is 12.0. The second-order valence-electron chi connectivity index (χ2n) is 5.13. The number of amides is 1. The van der Waals surface area contributed by atoms with Gasteiger partial charge in [-0.3, -0.25) is 4.79 Å². The summed E-state index contributed by atoms with van der Waals surface area (Å²) in [4.78, 5) is 20.8. The van der Waals surface area contributed by atoms with Crippen molar-refractivity contribution in [1.82, 2.24) is 15.3 Å². The van der Waals surface area contributed by atoms with E-state index in [0.717, 1.165) is 21.7 Å². The third-order valence-corrected chi connectivity index (χ3v) is 4.34. The molecule has 0 aliphatic carbocycles. The fourth-order valence-electron chi connectivity index (χ4n) is 2.30. The zero-order chi connectivity index (χ0) is 15.4. The van der Waals surface area contributed by atoms with Crippen molar-refractivity contribution in [3.63, 3.8) is 0 Å². The molecule has 3 aromatic rings. The number of hydrogen-bond donors (Lipinski definition) is 3. The lowest BCUT2D eigenvalue weighted by atomic mass is 10.2. The number of hydrogen-bond acceptors (Lipinski definition) is 4. The minimum Gasteiger partial charge on any atom is -0.354 e. The van der Waals surface area contributed by atoms with E-state index in [1.54, 1.807) is 11.3 Å². The number of carbonyl (C=O) groups is 1. The molecule has 6 heteroatoms. The number of H-pyrrole nitrogens is 1. The summed E-state index contributed by atoms with van der Waals surface area (Å²) < 4.78 is 0. The molecule has 0 saturated carbocycles. The molecule has 22 heavy (non-hydrogen) atoms. The molecule has 0 unspecified atom stereocenters. The van der Waals surface area contributed by atoms with E-state index in [-0.39, 0.29) is 5.91 Å². The van der Waals surface area contributed by atoms with E-state index < -0.39 is 6.04 Å². The molecular formula is C16H18N4OS. The summed E-state index contributed by atoms with van der Waals surface area (Å²) in [5.74, 6) is 0.748. The van der Waals surface area contributed by atoms with Crippen LogP contribution in [0.3, 0.4) is 0 Å². The van der Waals surface area contributed by atoms with Gasteiger partial charge in [0.2, 0.25) is 5.91 Å². The molecule has 4 N–H and O–H groups in total. The summed E-state index contributed by atoms with van der Waals surface area (Å²) in [5.41, 5.74) is 7.88. The number of fused-ring (bicyclic) bond motifs is 1. The lowest BCUT2D eigenvalue weighted by molar-refractivity contribution is -0.122. The average molecular weight is 314 g/mol. The van der Waals surface area contributed by atoms with Crippen LogP contribution in [0.25, 0.3) is 11.0 Å². The molecule has 0 radical (unpaired) electrons. The molecule has 3 rings (SSSR count). The molecule has 5 nitrogen and oxygen atoms in total. The quantitative estimate of drug-likeness (QED) is 0.649. The van der Waals surface area contributed by atoms with Crippen molar-refractivity contribution in [3.8, 4) is 0 Å². The zero-order valence-electron chi connectivity index (χ0n) is 12.1. The van der Waals surface area contributed by atoms with Crippen molar-refractivity contribution < 1.29 is 4.79 Å². The Bertz CT molecular complexity index is 717. The highest BCUT2D eigenvalue weighted by molar-refractivity contribution is 7.09. The maximum Gasteiger partial charge on any atom is 0.237 e. The molecule has 0 aliphatic heterocycles. The monoisotopic (exact) mass is 314 g/mol. The Morgan fingerprint density at radius 3 is 2.95 bits per heavy atom. The zero-order valence-corrected chi connectivity index (χ0v) is 12.9. The number of rotatable bonds is 6. The van der Waals surface area contributed by atoms with Gasteiger partial charge in [0, 0.05) is 24.3 Å². The van der Waals surface area contributed by atoms with Gasteiger partial charge < -0.3 is 16.0 Å². The van der Waals surface area contributed by atoms with E-state index in [0.29, 0.717) is 19.4 Å². The van der Waals surface area contributed by atoms with Crippen molar-refractivity contribution >= 4 is 28.3 Å². The van der Waals surface area contributed by atoms with Crippen molar-refractivity contribution in [1.29, 1.82) is 0 Å². The molecule has 0 bridgehead atoms. The summed E-state index contributed by atoms with van der Waals surface area (Å²) >= 11 is 1.62. The number of carbonyl (C=O) groups excluding carboxylic acids is 1. The van der Waals surface area contributed by atoms with Crippen LogP contribution in [-0.4, -0.2) is 28.5 Å². The molecule has 0 spiro atoms. The number of benzene rings is 1. The molecule has 1 aromatic carbocycles. The van der Waals surface area contributed by atoms with Crippen LogP contribution in [0, 0.1) is 0 Å². The van der Waals surface area contributed by atoms with Crippen LogP contribution >= 0.6 is 11.3 Å². The summed E-state index contributed by atoms with van der Waals surface area (Å²) in [7, 11) is 0. The molecule has 0 aliphatic rings. The Kier molecular flexibility index (Phi) is 4.50. The van der Waals surface area contributed by atoms with Crippen LogP contribution < -0.4 is 11.1 Å². The molecule has 114 valence electrons. The Labute approximate surface area is 132 Å². The predicted molar refractivity (Wildman–Crippen MR) is 88.8 cm³/mol. The molecular weight excluding hydrogens is 296 g/mol. The Balaban J connectivity index is 1.48. The first kappa shape index (κ1) is 14.7. The van der Waals surface area contributed by atoms with Crippen molar-refractivity contribution in [2.24, 2.45) is 5.73 Å². The van der Waals surface area contributed by atoms with E-state index >= 15 is 0 Å². The van der Waals surface area contributed by atoms with Crippen LogP contribution in [0.15, 0.2) is 41.8 Å². The standard InChI is InChI=1S/C16H18N4OS/c17-12(10-11-4-3-9-22-11)16(21)18-8-7-15-19-13-5-1-2-6-14(13)20-15/h1-6,9,12H,7-8,10,17H2,(H,18,21)(H,19,20)/t12-/m0/s1. The Hall–Kier alpha value is -2.18. The fourth-order valence-corrected chi connectivity index (χ4v) is 3.06. The largest absolute Gasteiger partial charge is 0.354 e. The van der Waals surface area contributed by atoms with Gasteiger partial charge in [0.15, 0.2) is 0 Å². The van der Waals surface area contributed by atoms with Gasteiger partial charge in [0.25, 0.3) is 0 Å². The van der Waals surface area contributed by atoms with Crippen molar-refractivity contribution in [2.45, 2.75) is 18.9 Å². The Morgan fingerprint density at radius 1 is 1.32 bits per heavy atom. The second-order valence-corrected chi connectivity index (χ2v) is 6.16. The third-order valence-electron chi connectivity index (χ3n) is 3.44. The van der Waals surface area contributed by atoms with Gasteiger partial charge in [0.05, 0.1) is 17.1 Å². The number of aromatic nitrogens is 2. The lowest BCUT2D eigenvalue weighted by Crippen LogP contribution is -2.42. The summed E-state index contributed by atoms with van der Waals surface area (Å²) in [6.07, 6.45) is 1.24. The number of nitrogens with one attached hydrogen (secondary N) is 2. The van der Waals surface area contributed by atoms with E-state index in [4.69, 9.17) is 5.73 Å². The highest BCUT2D eigenvalue weighted by atomic mass is 32.1. The van der Waals surface area contributed by atoms with Crippen molar-refractivity contribution in [3.05, 3.63) is 52.5 Å². The summed E-state index contributed by atoms with van der Waals surface area (Å²) in [6.45, 7) is 0.525. The number of para-hydroxylation sites is 2. The third kappa shape index (κ3) is 3.52. The molecule has 0 fully saturated rings. The van der Waals surface area contributed by atoms with Crippen LogP contribution in [-0.2, 0) is 17.6 Å². The summed E-state index contributed by atoms with van der Waals surface area (Å²) in [5, 5.41) is 4.86. The van der Waals surface area contributed by atoms with E-state index in [9.17, 15) is 4.79 Å². The summed E-state index contributed by atoms with van der Waals surface area (Å²) in [6, 6.07) is 11.3. The van der Waals surface area contributed by atoms with E-state index in [1.165, 1.54) is 0 Å². The fraction of sp³-hybridized carbons (Fsp3) is 0.250. The van der Waals surface area contributed by atoms with E-state index in [2.05, 4.69) is 15.3 Å². The van der Waals surface area contributed by atoms with Gasteiger partial charge in [-0.1, -0.05) is 18.2 Å². The first-order chi connectivity index (χ1) is 10.7. The van der Waals surface area contributed by atoms with Gasteiger partial charge in [-0.05, 0) is 23.6 Å². The van der Waals surface area contributed by atoms with Gasteiger partial charge in [-0.2, -0.15) is 0 Å². The predicted octanol–water partition coefficient (Wildman–Crippen LogP) is 1.85. The number of nitrogens with zero attached hydrogens (tertiary/aromatic N) is 1. The number of aromatic amines is 1. The smallest absolute Gasteiger partial charge is 0.237 e. The van der Waals surface area contributed by atoms with Gasteiger partial charge in [0.1, 0.15) is 5.82 Å². The first-order valence-electron chi connectivity index (χ1n) is 7.21. The number of nitrogens with two attached hydrogens (primary N) is 1. The van der Waals surface area contributed by atoms with Crippen molar-refractivity contribution in [2.75, 3.05) is 6.54 Å². The normalized spacial score (nSPS) is 12.4. The lowest BCUT2D eigenvalue weighted by Gasteiger charge is -2.10. The average Bonchev–Trinajstić information content (AvgIpc) is 3.15. The van der Waals surface area contributed by atoms with E-state index in [1.807, 2.05) is 41.8 Å². The second kappa shape index (κ2) is 6.72. The van der Waals surface area contributed by atoms with Crippen LogP contribution in [0.4, 0.5) is 0 Å². The minimum absolute atomic E-state index is 0.121. The van der Waals surface area contributed by atoms with Gasteiger partial charge in [-0.25, -0.2) is 4.98 Å². The molecule has 1 amide bonds. The highest BCUT2D eigenvalue weighted by Gasteiger charge is 2.14. The highest BCUT2D eigenvalue weighted by Crippen LogP contribution is 2.11. The molecule has 1 atom stereocenters. The Morgan fingerprint density at radius 2 is 2.18 bits per heavy atom. The van der Waals surface area contributed by atoms with Crippen LogP contribution in [0.5, 0.6) is 0 Å². The van der Waals surface area contributed by atoms with Crippen LogP contribution in [0.1, 0.15) is 10.7 Å². The van der Waals surface area contributed by atoms with Gasteiger partial charge in [-0.15, -0.1) is 11.3 Å². The SMILES string of the molecule is N[C@@H](Cc1cccs1)C(=O)NCCc1nc2ccccc2[nH]1. The molecule has 2 aromatic heterocycles. The van der Waals surface area contributed by atoms with Gasteiger partial charge >= 0.3 is 0 Å². The maximum absolute atomic E-state index is 12.0. The molecule has 0 saturated heterocycles. The number of thiophene rings is 1. The number of imidazole rings is 1.